The van der Waals surface area contributed by atoms with Crippen LogP contribution in [-0.2, 0) is 21.3 Å². The third-order valence-corrected chi connectivity index (χ3v) is 0. The smallest absolute Gasteiger partial charge is 0 e. The first-order chi connectivity index (χ1) is 1.00. The Morgan fingerprint density at radius 3 is 1.00 bits per heavy atom. The van der Waals surface area contributed by atoms with E-state index in [1.54, 1.807) is 0 Å². The molecule has 0 amide bonds. The van der Waals surface area contributed by atoms with Gasteiger partial charge in [0.25, 0.3) is 0 Å². The largest absolute Gasteiger partial charge is 0.545 e. The van der Waals surface area contributed by atoms with Gasteiger partial charge in [0.05, 0.1) is 0 Å². The van der Waals surface area contributed by atoms with Crippen LogP contribution < -0.4 is 0 Å². The topological polar surface area (TPSA) is 80.1 Å². The molecule has 0 aromatic rings. The van der Waals surface area contributed by atoms with Gasteiger partial charge in [0.2, 0.25) is 0 Å². The quantitative estimate of drug-likeness (QED) is 0.210. The molecule has 4 N–H and O–H groups in total. The fraction of sp³-hybridized carbons (Fsp3) is 0. The van der Waals surface area contributed by atoms with Crippen molar-refractivity contribution in [1.82, 2.24) is 0 Å². The Balaban J connectivity index is -0.00000000167. The second kappa shape index (κ2) is 5570. The molecule has 0 saturated carbocycles. The molecule has 5 heavy (non-hydrogen) atoms. The van der Waals surface area contributed by atoms with Crippen molar-refractivity contribution in [1.29, 1.82) is 0 Å². The van der Waals surface area contributed by atoms with Gasteiger partial charge in [-0.1, -0.05) is 0 Å². The van der Waals surface area contributed by atoms with Crippen LogP contribution in [0.15, 0.2) is 0 Å². The van der Waals surface area contributed by atoms with Crippen LogP contribution in [0.5, 0.6) is 0 Å². The van der Waals surface area contributed by atoms with Crippen LogP contribution in [0.2, 0.25) is 0 Å². The maximum Gasteiger partial charge on any atom is 0 e. The van der Waals surface area contributed by atoms with Crippen LogP contribution in [0.3, 0.4) is 0 Å². The number of hydrogen-bond donors (Lipinski definition) is 0. The monoisotopic (exact) mass is 123 g/mol. The minimum absolute atomic E-state index is 0. The van der Waals surface area contributed by atoms with Gasteiger partial charge in [-0.2, -0.15) is 0 Å². The third kappa shape index (κ3) is 2540. The molecule has 0 bridgehead atoms. The summed E-state index contributed by atoms with van der Waals surface area (Å²) in [6.07, 6.45) is 0. The molecule has 0 aliphatic heterocycles. The van der Waals surface area contributed by atoms with Gasteiger partial charge < -0.3 is 15.7 Å². The molecule has 0 aromatic heterocycles. The fourth-order valence-electron chi connectivity index (χ4n) is 0. The Morgan fingerprint density at radius 1 is 1.00 bits per heavy atom. The van der Waals surface area contributed by atoms with Crippen molar-refractivity contribution in [2.75, 3.05) is 0 Å². The molecule has 0 heterocycles. The van der Waals surface area contributed by atoms with E-state index < -0.39 is 0 Å². The Labute approximate surface area is 39.9 Å². The van der Waals surface area contributed by atoms with Gasteiger partial charge in [-0.25, -0.2) is 0 Å². The summed E-state index contributed by atoms with van der Waals surface area (Å²) in [5, 5.41) is 0. The maximum absolute atomic E-state index is 7.75. The van der Waals surface area contributed by atoms with Gasteiger partial charge in [0.15, 0.2) is 0 Å². The summed E-state index contributed by atoms with van der Waals surface area (Å²) < 4.78 is 0. The summed E-state index contributed by atoms with van der Waals surface area (Å²) in [6.45, 7) is 3.25. The van der Waals surface area contributed by atoms with Crippen LogP contribution in [0.4, 0.5) is 0 Å². The molecular weight excluding hydrogens is 119 g/mol. The van der Waals surface area contributed by atoms with Crippen LogP contribution in [0.1, 0.15) is 0 Å². The van der Waals surface area contributed by atoms with E-state index in [1.165, 1.54) is 0 Å². The van der Waals surface area contributed by atoms with Crippen molar-refractivity contribution in [2.45, 2.75) is 0 Å². The summed E-state index contributed by atoms with van der Waals surface area (Å²) in [4.78, 5) is 7.75. The minimum Gasteiger partial charge on any atom is -0.545 e. The Kier molecular flexibility index (Phi) is 80400. The molecule has 0 spiro atoms. The molecule has 0 fully saturated rings. The first-order valence-electron chi connectivity index (χ1n) is 0.236. The zero-order valence-corrected chi connectivity index (χ0v) is 3.29. The van der Waals surface area contributed by atoms with E-state index in [4.69, 9.17) is 4.79 Å². The zero-order valence-electron chi connectivity index (χ0n) is 2.30. The molecule has 0 aromatic carbocycles. The summed E-state index contributed by atoms with van der Waals surface area (Å²) in [5.74, 6) is 0. The standard InChI is InChI=1S/CHO.Ni.2H2O/c1-2;;;/h1H;;2*1H2/q-1;;;. The predicted octanol–water partition coefficient (Wildman–Crippen LogP) is -1.93. The molecule has 4 heteroatoms. The Bertz CT molecular complexity index is 6.85. The van der Waals surface area contributed by atoms with Crippen molar-refractivity contribution in [2.24, 2.45) is 0 Å². The van der Waals surface area contributed by atoms with Gasteiger partial charge in [-0.3, -0.25) is 6.79 Å². The van der Waals surface area contributed by atoms with Crippen molar-refractivity contribution in [3.05, 3.63) is 0 Å². The van der Waals surface area contributed by atoms with Gasteiger partial charge in [-0.05, 0) is 0 Å². The molecule has 38 valence electrons. The van der Waals surface area contributed by atoms with Gasteiger partial charge in [0, 0.05) is 16.5 Å². The van der Waals surface area contributed by atoms with Crippen LogP contribution in [0.25, 0.3) is 0 Å². The molecule has 3 nitrogen and oxygen atoms in total. The van der Waals surface area contributed by atoms with Gasteiger partial charge >= 0.3 is 0 Å². The molecule has 0 atom stereocenters. The molecular formula is CH5NiO3-. The normalized spacial score (nSPS) is 0.800. The molecule has 0 aliphatic rings. The van der Waals surface area contributed by atoms with Gasteiger partial charge in [0.1, 0.15) is 0 Å². The summed E-state index contributed by atoms with van der Waals surface area (Å²) in [7, 11) is 0. The van der Waals surface area contributed by atoms with E-state index in [9.17, 15) is 0 Å². The first-order valence-corrected chi connectivity index (χ1v) is 0.236. The molecule has 0 radical (unpaired) electrons. The average Bonchev–Trinajstić information content (AvgIpc) is 1.00. The molecule has 0 rings (SSSR count). The summed E-state index contributed by atoms with van der Waals surface area (Å²) >= 11 is 0. The van der Waals surface area contributed by atoms with Crippen LogP contribution in [0, 0.1) is 0 Å². The van der Waals surface area contributed by atoms with E-state index in [0.717, 1.165) is 0 Å². The van der Waals surface area contributed by atoms with Gasteiger partial charge in [-0.15, -0.1) is 0 Å². The van der Waals surface area contributed by atoms with E-state index in [-0.39, 0.29) is 27.4 Å². The Hall–Kier alpha value is 0.0835. The van der Waals surface area contributed by atoms with E-state index in [0.29, 0.717) is 0 Å². The van der Waals surface area contributed by atoms with Crippen molar-refractivity contribution < 1.29 is 32.2 Å². The minimum atomic E-state index is 0. The van der Waals surface area contributed by atoms with E-state index >= 15 is 0 Å². The second-order valence-corrected chi connectivity index (χ2v) is 0. The second-order valence-electron chi connectivity index (χ2n) is 0. The molecule has 0 unspecified atom stereocenters. The zero-order chi connectivity index (χ0) is 2.00. The third-order valence-electron chi connectivity index (χ3n) is 0. The van der Waals surface area contributed by atoms with E-state index in [1.807, 2.05) is 0 Å². The first kappa shape index (κ1) is 72.2. The van der Waals surface area contributed by atoms with Crippen LogP contribution in [-0.4, -0.2) is 17.7 Å². The number of carbonyl (C=O) groups excluding carboxylic acids is 1. The molecule has 0 saturated heterocycles. The maximum atomic E-state index is 7.75. The number of hydrogen-bond acceptors (Lipinski definition) is 1. The van der Waals surface area contributed by atoms with Crippen molar-refractivity contribution in [3.63, 3.8) is 0 Å². The summed E-state index contributed by atoms with van der Waals surface area (Å²) in [5.41, 5.74) is 0. The van der Waals surface area contributed by atoms with Crippen molar-refractivity contribution >= 4 is 6.79 Å². The Morgan fingerprint density at radius 2 is 1.00 bits per heavy atom. The SMILES string of the molecule is O.O.[CH-]=O.[Ni]. The van der Waals surface area contributed by atoms with Crippen LogP contribution >= 0.6 is 0 Å². The molecule has 0 aliphatic carbocycles. The van der Waals surface area contributed by atoms with Crippen molar-refractivity contribution in [3.8, 4) is 0 Å². The predicted molar refractivity (Wildman–Crippen MR) is 14.0 cm³/mol. The summed E-state index contributed by atoms with van der Waals surface area (Å²) in [6, 6.07) is 0. The van der Waals surface area contributed by atoms with E-state index in [2.05, 4.69) is 6.79 Å². The average molecular weight is 124 g/mol. The number of rotatable bonds is 0. The fourth-order valence-corrected chi connectivity index (χ4v) is 0.